The number of nitrogens with one attached hydrogen (secondary N) is 2. The van der Waals surface area contributed by atoms with Gasteiger partial charge in [-0.25, -0.2) is 4.98 Å². The summed E-state index contributed by atoms with van der Waals surface area (Å²) in [6.07, 6.45) is 4.77. The lowest BCUT2D eigenvalue weighted by molar-refractivity contribution is 0.982. The number of nitrogens with zero attached hydrogens (tertiary/aromatic N) is 3. The van der Waals surface area contributed by atoms with Gasteiger partial charge in [0.25, 0.3) is 0 Å². The Labute approximate surface area is 97.5 Å². The Balaban J connectivity index is 2.12. The molecule has 7 heteroatoms. The molecule has 2 aromatic rings. The molecule has 16 heavy (non-hydrogen) atoms. The van der Waals surface area contributed by atoms with Crippen molar-refractivity contribution in [1.29, 1.82) is 0 Å². The molecule has 6 nitrogen and oxygen atoms in total. The van der Waals surface area contributed by atoms with Gasteiger partial charge in [-0.1, -0.05) is 0 Å². The minimum Gasteiger partial charge on any atom is -0.368 e. The van der Waals surface area contributed by atoms with Crippen LogP contribution in [0.3, 0.4) is 0 Å². The topological polar surface area (TPSA) is 92.5 Å². The van der Waals surface area contributed by atoms with E-state index in [-0.39, 0.29) is 5.95 Å². The second-order valence-corrected chi connectivity index (χ2v) is 4.29. The van der Waals surface area contributed by atoms with Crippen molar-refractivity contribution in [2.75, 3.05) is 29.6 Å². The van der Waals surface area contributed by atoms with Gasteiger partial charge in [0.2, 0.25) is 5.95 Å². The van der Waals surface area contributed by atoms with Crippen LogP contribution in [0.5, 0.6) is 0 Å². The molecule has 86 valence electrons. The Kier molecular flexibility index (Phi) is 3.45. The second-order valence-electron chi connectivity index (χ2n) is 3.30. The highest BCUT2D eigenvalue weighted by atomic mass is 32.2. The molecule has 2 heterocycles. The Morgan fingerprint density at radius 1 is 1.50 bits per heavy atom. The van der Waals surface area contributed by atoms with Gasteiger partial charge in [0.1, 0.15) is 5.52 Å². The Hall–Kier alpha value is -1.50. The van der Waals surface area contributed by atoms with E-state index in [2.05, 4.69) is 31.5 Å². The molecule has 0 saturated carbocycles. The average Bonchev–Trinajstić information content (AvgIpc) is 2.72. The maximum atomic E-state index is 5.59. The Morgan fingerprint density at radius 3 is 3.19 bits per heavy atom. The number of anilines is 2. The third-order valence-electron chi connectivity index (χ3n) is 2.12. The zero-order valence-corrected chi connectivity index (χ0v) is 9.84. The van der Waals surface area contributed by atoms with Crippen LogP contribution in [-0.4, -0.2) is 38.5 Å². The number of hydrogen-bond donors (Lipinski definition) is 3. The van der Waals surface area contributed by atoms with Gasteiger partial charge >= 0.3 is 0 Å². The largest absolute Gasteiger partial charge is 0.368 e. The first-order valence-electron chi connectivity index (χ1n) is 5.00. The van der Waals surface area contributed by atoms with E-state index in [0.29, 0.717) is 5.65 Å². The highest BCUT2D eigenvalue weighted by molar-refractivity contribution is 7.98. The molecule has 0 spiro atoms. The van der Waals surface area contributed by atoms with Gasteiger partial charge in [-0.3, -0.25) is 0 Å². The first-order valence-corrected chi connectivity index (χ1v) is 6.40. The second kappa shape index (κ2) is 5.02. The molecule has 0 saturated heterocycles. The normalized spacial score (nSPS) is 10.8. The van der Waals surface area contributed by atoms with E-state index in [9.17, 15) is 0 Å². The monoisotopic (exact) mass is 238 g/mol. The summed E-state index contributed by atoms with van der Waals surface area (Å²) in [5.41, 5.74) is 7.00. The van der Waals surface area contributed by atoms with E-state index in [1.54, 1.807) is 6.33 Å². The first kappa shape index (κ1) is 11.0. The van der Waals surface area contributed by atoms with Crippen molar-refractivity contribution in [3.05, 3.63) is 6.33 Å². The summed E-state index contributed by atoms with van der Waals surface area (Å²) in [6.45, 7) is 0.866. The van der Waals surface area contributed by atoms with E-state index in [1.165, 1.54) is 0 Å². The molecule has 0 amide bonds. The molecule has 0 bridgehead atoms. The van der Waals surface area contributed by atoms with Crippen LogP contribution in [0.2, 0.25) is 0 Å². The van der Waals surface area contributed by atoms with Crippen molar-refractivity contribution >= 4 is 34.7 Å². The summed E-state index contributed by atoms with van der Waals surface area (Å²) < 4.78 is 0. The fourth-order valence-electron chi connectivity index (χ4n) is 1.40. The van der Waals surface area contributed by atoms with Crippen molar-refractivity contribution in [3.8, 4) is 0 Å². The predicted molar refractivity (Wildman–Crippen MR) is 67.6 cm³/mol. The van der Waals surface area contributed by atoms with E-state index in [4.69, 9.17) is 5.73 Å². The highest BCUT2D eigenvalue weighted by Gasteiger charge is 2.07. The van der Waals surface area contributed by atoms with Crippen LogP contribution in [0, 0.1) is 0 Å². The van der Waals surface area contributed by atoms with E-state index >= 15 is 0 Å². The van der Waals surface area contributed by atoms with Crippen molar-refractivity contribution in [3.63, 3.8) is 0 Å². The van der Waals surface area contributed by atoms with Crippen LogP contribution in [0.4, 0.5) is 11.8 Å². The zero-order chi connectivity index (χ0) is 11.4. The van der Waals surface area contributed by atoms with Gasteiger partial charge < -0.3 is 16.0 Å². The SMILES string of the molecule is CSCCCNc1nc(N)nc2nc[nH]c12. The molecule has 0 radical (unpaired) electrons. The van der Waals surface area contributed by atoms with Crippen LogP contribution in [-0.2, 0) is 0 Å². The maximum absolute atomic E-state index is 5.59. The molecular formula is C9H14N6S. The van der Waals surface area contributed by atoms with Crippen LogP contribution in [0.25, 0.3) is 11.2 Å². The molecular weight excluding hydrogens is 224 g/mol. The molecule has 4 N–H and O–H groups in total. The number of imidazole rings is 1. The molecule has 0 unspecified atom stereocenters. The van der Waals surface area contributed by atoms with E-state index in [0.717, 1.165) is 30.1 Å². The summed E-state index contributed by atoms with van der Waals surface area (Å²) >= 11 is 1.83. The fourth-order valence-corrected chi connectivity index (χ4v) is 1.83. The molecule has 0 aliphatic rings. The number of nitrogen functional groups attached to an aromatic ring is 1. The van der Waals surface area contributed by atoms with Crippen LogP contribution < -0.4 is 11.1 Å². The lowest BCUT2D eigenvalue weighted by Gasteiger charge is -2.05. The summed E-state index contributed by atoms with van der Waals surface area (Å²) in [5, 5.41) is 3.23. The zero-order valence-electron chi connectivity index (χ0n) is 9.03. The molecule has 0 fully saturated rings. The standard InChI is InChI=1S/C9H14N6S/c1-16-4-2-3-11-7-6-8(13-5-12-6)15-9(10)14-7/h5H,2-4H2,1H3,(H4,10,11,12,13,14,15). The summed E-state index contributed by atoms with van der Waals surface area (Å²) in [7, 11) is 0. The molecule has 2 rings (SSSR count). The number of fused-ring (bicyclic) bond motifs is 1. The highest BCUT2D eigenvalue weighted by Crippen LogP contribution is 2.17. The number of aromatic amines is 1. The fraction of sp³-hybridized carbons (Fsp3) is 0.444. The maximum Gasteiger partial charge on any atom is 0.224 e. The van der Waals surface area contributed by atoms with Crippen LogP contribution >= 0.6 is 11.8 Å². The average molecular weight is 238 g/mol. The van der Waals surface area contributed by atoms with Gasteiger partial charge in [0.05, 0.1) is 6.33 Å². The summed E-state index contributed by atoms with van der Waals surface area (Å²) in [5.74, 6) is 2.09. The summed E-state index contributed by atoms with van der Waals surface area (Å²) in [4.78, 5) is 15.2. The minimum atomic E-state index is 0.243. The quantitative estimate of drug-likeness (QED) is 0.675. The molecule has 0 aromatic carbocycles. The third-order valence-corrected chi connectivity index (χ3v) is 2.82. The van der Waals surface area contributed by atoms with Gasteiger partial charge in [0.15, 0.2) is 11.5 Å². The lowest BCUT2D eigenvalue weighted by atomic mass is 10.4. The van der Waals surface area contributed by atoms with Gasteiger partial charge in [-0.05, 0) is 18.4 Å². The first-order chi connectivity index (χ1) is 7.81. The van der Waals surface area contributed by atoms with E-state index < -0.39 is 0 Å². The molecule has 0 atom stereocenters. The molecule has 0 aliphatic carbocycles. The van der Waals surface area contributed by atoms with Gasteiger partial charge in [0, 0.05) is 6.54 Å². The number of aromatic nitrogens is 4. The predicted octanol–water partition coefficient (Wildman–Crippen LogP) is 1.10. The summed E-state index contributed by atoms with van der Waals surface area (Å²) in [6, 6.07) is 0. The van der Waals surface area contributed by atoms with Crippen LogP contribution in [0.1, 0.15) is 6.42 Å². The van der Waals surface area contributed by atoms with Crippen molar-refractivity contribution in [1.82, 2.24) is 19.9 Å². The number of rotatable bonds is 5. The number of H-pyrrole nitrogens is 1. The van der Waals surface area contributed by atoms with Crippen molar-refractivity contribution in [2.24, 2.45) is 0 Å². The van der Waals surface area contributed by atoms with Crippen molar-refractivity contribution in [2.45, 2.75) is 6.42 Å². The third kappa shape index (κ3) is 2.35. The molecule has 2 aromatic heterocycles. The minimum absolute atomic E-state index is 0.243. The van der Waals surface area contributed by atoms with Crippen LogP contribution in [0.15, 0.2) is 6.33 Å². The molecule has 0 aliphatic heterocycles. The number of nitrogens with two attached hydrogens (primary N) is 1. The van der Waals surface area contributed by atoms with Crippen molar-refractivity contribution < 1.29 is 0 Å². The smallest absolute Gasteiger partial charge is 0.224 e. The van der Waals surface area contributed by atoms with E-state index in [1.807, 2.05) is 11.8 Å². The number of hydrogen-bond acceptors (Lipinski definition) is 6. The number of thioether (sulfide) groups is 1. The Bertz CT molecular complexity index is 468. The van der Waals surface area contributed by atoms with Gasteiger partial charge in [-0.2, -0.15) is 21.7 Å². The lowest BCUT2D eigenvalue weighted by Crippen LogP contribution is -2.07. The van der Waals surface area contributed by atoms with Gasteiger partial charge in [-0.15, -0.1) is 0 Å². The Morgan fingerprint density at radius 2 is 2.38 bits per heavy atom.